The van der Waals surface area contributed by atoms with Crippen molar-refractivity contribution in [2.75, 3.05) is 46.8 Å². The lowest BCUT2D eigenvalue weighted by atomic mass is 10.2. The molecule has 0 aromatic rings. The van der Waals surface area contributed by atoms with Crippen LogP contribution in [0.2, 0.25) is 0 Å². The molecule has 114 valence electrons. The van der Waals surface area contributed by atoms with Crippen LogP contribution in [0.25, 0.3) is 0 Å². The molecule has 1 atom stereocenters. The van der Waals surface area contributed by atoms with Crippen molar-refractivity contribution in [2.24, 2.45) is 5.92 Å². The molecule has 6 nitrogen and oxygen atoms in total. The van der Waals surface area contributed by atoms with Gasteiger partial charge in [-0.3, -0.25) is 0 Å². The first kappa shape index (κ1) is 18.4. The SMILES string of the molecule is COCCOCCOCCOC(=O)OC(Cl)C(C)C. The summed E-state index contributed by atoms with van der Waals surface area (Å²) in [6.07, 6.45) is -0.784. The van der Waals surface area contributed by atoms with Gasteiger partial charge in [0.05, 0.1) is 33.0 Å². The van der Waals surface area contributed by atoms with E-state index < -0.39 is 11.7 Å². The average molecular weight is 299 g/mol. The summed E-state index contributed by atoms with van der Waals surface area (Å²) in [7, 11) is 1.61. The molecule has 19 heavy (non-hydrogen) atoms. The first-order valence-electron chi connectivity index (χ1n) is 6.19. The maximum atomic E-state index is 11.1. The van der Waals surface area contributed by atoms with E-state index in [-0.39, 0.29) is 19.1 Å². The number of carbonyl (C=O) groups is 1. The molecule has 0 radical (unpaired) electrons. The lowest BCUT2D eigenvalue weighted by molar-refractivity contribution is -0.00433. The molecule has 0 aliphatic rings. The van der Waals surface area contributed by atoms with Gasteiger partial charge in [0, 0.05) is 13.0 Å². The van der Waals surface area contributed by atoms with Gasteiger partial charge in [0.15, 0.2) is 5.56 Å². The molecule has 1 unspecified atom stereocenters. The summed E-state index contributed by atoms with van der Waals surface area (Å²) < 4.78 is 24.8. The molecule has 0 amide bonds. The summed E-state index contributed by atoms with van der Waals surface area (Å²) >= 11 is 5.75. The highest BCUT2D eigenvalue weighted by molar-refractivity contribution is 6.20. The molecule has 0 aliphatic heterocycles. The van der Waals surface area contributed by atoms with E-state index in [2.05, 4.69) is 0 Å². The van der Waals surface area contributed by atoms with E-state index in [0.29, 0.717) is 26.4 Å². The molecule has 0 aliphatic carbocycles. The van der Waals surface area contributed by atoms with Crippen LogP contribution in [0, 0.1) is 5.92 Å². The van der Waals surface area contributed by atoms with Crippen molar-refractivity contribution in [3.05, 3.63) is 0 Å². The lowest BCUT2D eigenvalue weighted by Crippen LogP contribution is -2.20. The maximum Gasteiger partial charge on any atom is 0.509 e. The summed E-state index contributed by atoms with van der Waals surface area (Å²) in [5.41, 5.74) is -0.678. The third-order valence-corrected chi connectivity index (χ3v) is 2.58. The first-order chi connectivity index (χ1) is 9.07. The van der Waals surface area contributed by atoms with Gasteiger partial charge in [0.25, 0.3) is 0 Å². The molecule has 0 aromatic carbocycles. The number of hydrogen-bond acceptors (Lipinski definition) is 6. The number of halogens is 1. The quantitative estimate of drug-likeness (QED) is 0.330. The van der Waals surface area contributed by atoms with Crippen molar-refractivity contribution in [1.82, 2.24) is 0 Å². The molecule has 0 saturated carbocycles. The minimum Gasteiger partial charge on any atom is -0.432 e. The van der Waals surface area contributed by atoms with Crippen LogP contribution in [0.4, 0.5) is 4.79 Å². The molecule has 0 saturated heterocycles. The largest absolute Gasteiger partial charge is 0.509 e. The number of ether oxygens (including phenoxy) is 5. The maximum absolute atomic E-state index is 11.1. The molecule has 0 N–H and O–H groups in total. The smallest absolute Gasteiger partial charge is 0.432 e. The minimum absolute atomic E-state index is 0.0368. The van der Waals surface area contributed by atoms with Crippen molar-refractivity contribution in [2.45, 2.75) is 19.4 Å². The molecule has 0 bridgehead atoms. The predicted octanol–water partition coefficient (Wildman–Crippen LogP) is 2.04. The topological polar surface area (TPSA) is 63.2 Å². The highest BCUT2D eigenvalue weighted by Gasteiger charge is 2.15. The van der Waals surface area contributed by atoms with E-state index in [1.165, 1.54) is 0 Å². The van der Waals surface area contributed by atoms with Gasteiger partial charge in [-0.2, -0.15) is 0 Å². The van der Waals surface area contributed by atoms with Gasteiger partial charge in [-0.15, -0.1) is 0 Å². The molecule has 0 aromatic heterocycles. The fourth-order valence-corrected chi connectivity index (χ4v) is 0.983. The Labute approximate surface area is 119 Å². The van der Waals surface area contributed by atoms with Gasteiger partial charge in [-0.05, 0) is 0 Å². The number of rotatable bonds is 11. The molecule has 0 fully saturated rings. The summed E-state index contributed by atoms with van der Waals surface area (Å²) in [6.45, 7) is 6.11. The van der Waals surface area contributed by atoms with Crippen LogP contribution in [0.5, 0.6) is 0 Å². The zero-order chi connectivity index (χ0) is 14.5. The van der Waals surface area contributed by atoms with Crippen LogP contribution >= 0.6 is 11.6 Å². The van der Waals surface area contributed by atoms with Gasteiger partial charge in [-0.25, -0.2) is 4.79 Å². The van der Waals surface area contributed by atoms with Crippen LogP contribution in [0.15, 0.2) is 0 Å². The van der Waals surface area contributed by atoms with Crippen molar-refractivity contribution in [3.63, 3.8) is 0 Å². The Morgan fingerprint density at radius 2 is 1.53 bits per heavy atom. The van der Waals surface area contributed by atoms with Gasteiger partial charge in [0.1, 0.15) is 6.61 Å². The second kappa shape index (κ2) is 12.5. The fourth-order valence-electron chi connectivity index (χ4n) is 0.910. The van der Waals surface area contributed by atoms with E-state index in [9.17, 15) is 4.79 Å². The third-order valence-electron chi connectivity index (χ3n) is 1.98. The summed E-state index contributed by atoms with van der Waals surface area (Å²) in [5.74, 6) is 0.0368. The molecule has 0 heterocycles. The monoisotopic (exact) mass is 298 g/mol. The molecule has 7 heteroatoms. The van der Waals surface area contributed by atoms with E-state index >= 15 is 0 Å². The van der Waals surface area contributed by atoms with E-state index in [0.717, 1.165) is 0 Å². The number of hydrogen-bond donors (Lipinski definition) is 0. The third kappa shape index (κ3) is 12.2. The molecular formula is C12H23ClO6. The Morgan fingerprint density at radius 3 is 2.05 bits per heavy atom. The van der Waals surface area contributed by atoms with Gasteiger partial charge in [-0.1, -0.05) is 25.4 Å². The average Bonchev–Trinajstić information content (AvgIpc) is 2.36. The number of alkyl halides is 1. The zero-order valence-electron chi connectivity index (χ0n) is 11.7. The van der Waals surface area contributed by atoms with E-state index in [4.69, 9.17) is 35.3 Å². The fraction of sp³-hybridized carbons (Fsp3) is 0.917. The Morgan fingerprint density at radius 1 is 1.00 bits per heavy atom. The van der Waals surface area contributed by atoms with E-state index in [1.807, 2.05) is 13.8 Å². The second-order valence-corrected chi connectivity index (χ2v) is 4.46. The summed E-state index contributed by atoms with van der Waals surface area (Å²) in [5, 5.41) is 0. The lowest BCUT2D eigenvalue weighted by Gasteiger charge is -2.14. The van der Waals surface area contributed by atoms with Gasteiger partial charge < -0.3 is 23.7 Å². The van der Waals surface area contributed by atoms with Crippen molar-refractivity contribution < 1.29 is 28.5 Å². The Kier molecular flexibility index (Phi) is 12.1. The normalized spacial score (nSPS) is 12.5. The Hall–Kier alpha value is -0.560. The van der Waals surface area contributed by atoms with Gasteiger partial charge in [0.2, 0.25) is 0 Å². The van der Waals surface area contributed by atoms with Crippen molar-refractivity contribution in [1.29, 1.82) is 0 Å². The molecule has 0 rings (SSSR count). The van der Waals surface area contributed by atoms with E-state index in [1.54, 1.807) is 7.11 Å². The second-order valence-electron chi connectivity index (χ2n) is 4.03. The Bertz CT molecular complexity index is 224. The van der Waals surface area contributed by atoms with Crippen LogP contribution < -0.4 is 0 Å². The first-order valence-corrected chi connectivity index (χ1v) is 6.63. The van der Waals surface area contributed by atoms with Crippen LogP contribution in [-0.4, -0.2) is 58.5 Å². The summed E-state index contributed by atoms with van der Waals surface area (Å²) in [6, 6.07) is 0. The molecular weight excluding hydrogens is 276 g/mol. The van der Waals surface area contributed by atoms with Crippen molar-refractivity contribution in [3.8, 4) is 0 Å². The minimum atomic E-state index is -0.784. The predicted molar refractivity (Wildman–Crippen MR) is 70.4 cm³/mol. The highest BCUT2D eigenvalue weighted by atomic mass is 35.5. The van der Waals surface area contributed by atoms with Crippen LogP contribution in [-0.2, 0) is 23.7 Å². The van der Waals surface area contributed by atoms with Gasteiger partial charge >= 0.3 is 6.16 Å². The van der Waals surface area contributed by atoms with Crippen molar-refractivity contribution >= 4 is 17.8 Å². The Balaban J connectivity index is 3.27. The summed E-state index contributed by atoms with van der Waals surface area (Å²) in [4.78, 5) is 11.1. The highest BCUT2D eigenvalue weighted by Crippen LogP contribution is 2.11. The van der Waals surface area contributed by atoms with Crippen LogP contribution in [0.3, 0.4) is 0 Å². The standard InChI is InChI=1S/C12H23ClO6/c1-10(2)11(13)19-12(14)18-9-8-17-7-6-16-5-4-15-3/h10-11H,4-9H2,1-3H3. The number of carbonyl (C=O) groups excluding carboxylic acids is 1. The number of methoxy groups -OCH3 is 1. The zero-order valence-corrected chi connectivity index (χ0v) is 12.5. The van der Waals surface area contributed by atoms with Crippen LogP contribution in [0.1, 0.15) is 13.8 Å². The molecule has 0 spiro atoms.